The van der Waals surface area contributed by atoms with Crippen LogP contribution in [0.5, 0.6) is 11.5 Å². The Morgan fingerprint density at radius 2 is 1.46 bits per heavy atom. The molecule has 1 amide bonds. The summed E-state index contributed by atoms with van der Waals surface area (Å²) in [6.45, 7) is 5.90. The minimum Gasteiger partial charge on any atom is -0.457 e. The fourth-order valence-corrected chi connectivity index (χ4v) is 2.53. The highest BCUT2D eigenvalue weighted by atomic mass is 16.5. The molecule has 0 aliphatic carbocycles. The zero-order valence-electron chi connectivity index (χ0n) is 14.7. The fourth-order valence-electron chi connectivity index (χ4n) is 2.53. The van der Waals surface area contributed by atoms with Gasteiger partial charge >= 0.3 is 0 Å². The van der Waals surface area contributed by atoms with Crippen LogP contribution < -0.4 is 4.74 Å². The molecule has 0 aromatic heterocycles. The van der Waals surface area contributed by atoms with Gasteiger partial charge in [0.2, 0.25) is 0 Å². The van der Waals surface area contributed by atoms with Crippen molar-refractivity contribution < 1.29 is 9.53 Å². The van der Waals surface area contributed by atoms with Crippen LogP contribution in [0.3, 0.4) is 0 Å². The highest BCUT2D eigenvalue weighted by Gasteiger charge is 2.19. The lowest BCUT2D eigenvalue weighted by Crippen LogP contribution is -2.33. The number of carbonyl (C=O) groups is 1. The van der Waals surface area contributed by atoms with E-state index in [0.717, 1.165) is 44.5 Å². The maximum absolute atomic E-state index is 13.0. The van der Waals surface area contributed by atoms with Crippen LogP contribution >= 0.6 is 0 Å². The lowest BCUT2D eigenvalue weighted by Gasteiger charge is -2.23. The van der Waals surface area contributed by atoms with Crippen LogP contribution in [0.2, 0.25) is 0 Å². The minimum absolute atomic E-state index is 0.0587. The highest BCUT2D eigenvalue weighted by molar-refractivity contribution is 5.97. The molecule has 2 rings (SSSR count). The molecule has 0 N–H and O–H groups in total. The molecule has 128 valence electrons. The van der Waals surface area contributed by atoms with Crippen LogP contribution in [0.15, 0.2) is 54.6 Å². The monoisotopic (exact) mass is 325 g/mol. The molecule has 0 bridgehead atoms. The van der Waals surface area contributed by atoms with Gasteiger partial charge in [-0.15, -0.1) is 0 Å². The van der Waals surface area contributed by atoms with Crippen LogP contribution in [0.1, 0.15) is 49.9 Å². The molecule has 0 fully saturated rings. The van der Waals surface area contributed by atoms with Gasteiger partial charge in [-0.3, -0.25) is 4.79 Å². The van der Waals surface area contributed by atoms with E-state index in [1.165, 1.54) is 0 Å². The summed E-state index contributed by atoms with van der Waals surface area (Å²) in [6, 6.07) is 17.1. The molecule has 0 unspecified atom stereocenters. The normalized spacial score (nSPS) is 10.4. The van der Waals surface area contributed by atoms with Gasteiger partial charge in [0.05, 0.1) is 5.56 Å². The van der Waals surface area contributed by atoms with Gasteiger partial charge in [0, 0.05) is 13.1 Å². The first kappa shape index (κ1) is 18.1. The van der Waals surface area contributed by atoms with E-state index in [4.69, 9.17) is 4.74 Å². The molecule has 0 aliphatic heterocycles. The number of rotatable bonds is 9. The largest absolute Gasteiger partial charge is 0.457 e. The number of hydrogen-bond acceptors (Lipinski definition) is 2. The summed E-state index contributed by atoms with van der Waals surface area (Å²) in [5.74, 6) is 1.42. The summed E-state index contributed by atoms with van der Waals surface area (Å²) in [6.07, 6.45) is 4.21. The molecule has 0 spiro atoms. The third-order valence-corrected chi connectivity index (χ3v) is 3.94. The minimum atomic E-state index is 0.0587. The summed E-state index contributed by atoms with van der Waals surface area (Å²) in [5.41, 5.74) is 0.633. The molecule has 3 nitrogen and oxygen atoms in total. The van der Waals surface area contributed by atoms with Crippen molar-refractivity contribution in [2.24, 2.45) is 0 Å². The second-order valence-corrected chi connectivity index (χ2v) is 5.91. The van der Waals surface area contributed by atoms with Gasteiger partial charge in [0.1, 0.15) is 11.5 Å². The van der Waals surface area contributed by atoms with Gasteiger partial charge in [-0.1, -0.05) is 57.0 Å². The van der Waals surface area contributed by atoms with E-state index in [9.17, 15) is 4.79 Å². The maximum Gasteiger partial charge on any atom is 0.257 e. The summed E-state index contributed by atoms with van der Waals surface area (Å²) < 4.78 is 5.94. The third-order valence-electron chi connectivity index (χ3n) is 3.94. The molecule has 0 aliphatic rings. The molecule has 2 aromatic carbocycles. The molecule has 0 radical (unpaired) electrons. The van der Waals surface area contributed by atoms with Crippen LogP contribution in [0, 0.1) is 0 Å². The Morgan fingerprint density at radius 1 is 0.875 bits per heavy atom. The number of nitrogens with zero attached hydrogens (tertiary/aromatic N) is 1. The Kier molecular flexibility index (Phi) is 7.34. The quantitative estimate of drug-likeness (QED) is 0.607. The first-order chi connectivity index (χ1) is 11.8. The van der Waals surface area contributed by atoms with Crippen molar-refractivity contribution in [2.45, 2.75) is 39.5 Å². The summed E-state index contributed by atoms with van der Waals surface area (Å²) in [4.78, 5) is 15.0. The molecule has 24 heavy (non-hydrogen) atoms. The van der Waals surface area contributed by atoms with E-state index in [1.807, 2.05) is 59.5 Å². The van der Waals surface area contributed by atoms with Crippen LogP contribution in [-0.4, -0.2) is 23.9 Å². The molecular weight excluding hydrogens is 298 g/mol. The SMILES string of the molecule is CCCCN(CCCC)C(=O)c1ccccc1Oc1ccccc1. The number of ether oxygens (including phenoxy) is 1. The number of amides is 1. The van der Waals surface area contributed by atoms with Gasteiger partial charge < -0.3 is 9.64 Å². The zero-order valence-corrected chi connectivity index (χ0v) is 14.7. The average molecular weight is 325 g/mol. The third kappa shape index (κ3) is 5.12. The first-order valence-electron chi connectivity index (χ1n) is 8.87. The van der Waals surface area contributed by atoms with Crippen LogP contribution in [0.25, 0.3) is 0 Å². The van der Waals surface area contributed by atoms with E-state index >= 15 is 0 Å². The fraction of sp³-hybridized carbons (Fsp3) is 0.381. The van der Waals surface area contributed by atoms with Crippen molar-refractivity contribution in [1.82, 2.24) is 4.90 Å². The van der Waals surface area contributed by atoms with Crippen molar-refractivity contribution in [1.29, 1.82) is 0 Å². The van der Waals surface area contributed by atoms with E-state index in [2.05, 4.69) is 13.8 Å². The standard InChI is InChI=1S/C21H27NO2/c1-3-5-16-22(17-6-4-2)21(23)19-14-10-11-15-20(19)24-18-12-8-7-9-13-18/h7-15H,3-6,16-17H2,1-2H3. The van der Waals surface area contributed by atoms with Crippen LogP contribution in [0.4, 0.5) is 0 Å². The van der Waals surface area contributed by atoms with Crippen molar-refractivity contribution in [3.63, 3.8) is 0 Å². The van der Waals surface area contributed by atoms with Gasteiger partial charge in [0.15, 0.2) is 0 Å². The van der Waals surface area contributed by atoms with Crippen molar-refractivity contribution in [3.05, 3.63) is 60.2 Å². The van der Waals surface area contributed by atoms with Gasteiger partial charge in [-0.25, -0.2) is 0 Å². The van der Waals surface area contributed by atoms with E-state index < -0.39 is 0 Å². The van der Waals surface area contributed by atoms with Gasteiger partial charge in [-0.05, 0) is 37.1 Å². The topological polar surface area (TPSA) is 29.5 Å². The second-order valence-electron chi connectivity index (χ2n) is 5.91. The van der Waals surface area contributed by atoms with E-state index in [-0.39, 0.29) is 5.91 Å². The Hall–Kier alpha value is -2.29. The molecule has 0 saturated carbocycles. The lowest BCUT2D eigenvalue weighted by molar-refractivity contribution is 0.0748. The zero-order chi connectivity index (χ0) is 17.2. The van der Waals surface area contributed by atoms with Crippen molar-refractivity contribution in [2.75, 3.05) is 13.1 Å². The Balaban J connectivity index is 2.20. The van der Waals surface area contributed by atoms with Crippen molar-refractivity contribution in [3.8, 4) is 11.5 Å². The molecular formula is C21H27NO2. The number of para-hydroxylation sites is 2. The maximum atomic E-state index is 13.0. The number of carbonyl (C=O) groups excluding carboxylic acids is 1. The summed E-state index contributed by atoms with van der Waals surface area (Å²) in [7, 11) is 0. The number of hydrogen-bond donors (Lipinski definition) is 0. The second kappa shape index (κ2) is 9.76. The Labute approximate surface area is 145 Å². The molecule has 3 heteroatoms. The Morgan fingerprint density at radius 3 is 2.08 bits per heavy atom. The Bertz CT molecular complexity index is 617. The first-order valence-corrected chi connectivity index (χ1v) is 8.87. The highest BCUT2D eigenvalue weighted by Crippen LogP contribution is 2.26. The molecule has 0 saturated heterocycles. The summed E-state index contributed by atoms with van der Waals surface area (Å²) >= 11 is 0. The number of unbranched alkanes of at least 4 members (excludes halogenated alkanes) is 2. The predicted octanol–water partition coefficient (Wildman–Crippen LogP) is 5.52. The lowest BCUT2D eigenvalue weighted by atomic mass is 10.1. The molecule has 0 atom stereocenters. The smallest absolute Gasteiger partial charge is 0.257 e. The van der Waals surface area contributed by atoms with Crippen LogP contribution in [-0.2, 0) is 0 Å². The van der Waals surface area contributed by atoms with Gasteiger partial charge in [0.25, 0.3) is 5.91 Å². The predicted molar refractivity (Wildman–Crippen MR) is 98.7 cm³/mol. The van der Waals surface area contributed by atoms with Gasteiger partial charge in [-0.2, -0.15) is 0 Å². The number of benzene rings is 2. The molecule has 2 aromatic rings. The van der Waals surface area contributed by atoms with E-state index in [1.54, 1.807) is 0 Å². The summed E-state index contributed by atoms with van der Waals surface area (Å²) in [5, 5.41) is 0. The molecule has 0 heterocycles. The van der Waals surface area contributed by atoms with E-state index in [0.29, 0.717) is 11.3 Å². The van der Waals surface area contributed by atoms with Crippen molar-refractivity contribution >= 4 is 5.91 Å². The average Bonchev–Trinajstić information content (AvgIpc) is 2.63.